The fraction of sp³-hybridized carbons (Fsp3) is 0.701. The average molecular weight is 1100 g/mol. The maximum atomic E-state index is 12.8. The van der Waals surface area contributed by atoms with Crippen LogP contribution in [0.25, 0.3) is 0 Å². The molecule has 77 heavy (non-hydrogen) atoms. The summed E-state index contributed by atoms with van der Waals surface area (Å²) in [4.78, 5) is 35.6. The zero-order chi connectivity index (χ0) is 56.3. The maximum Gasteiger partial charge on any atom is 0.472 e. The van der Waals surface area contributed by atoms with Gasteiger partial charge < -0.3 is 18.9 Å². The van der Waals surface area contributed by atoms with Crippen LogP contribution >= 0.6 is 7.82 Å². The van der Waals surface area contributed by atoms with Gasteiger partial charge in [0.15, 0.2) is 6.10 Å². The van der Waals surface area contributed by atoms with E-state index in [1.165, 1.54) is 122 Å². The van der Waals surface area contributed by atoms with Crippen LogP contribution in [-0.4, -0.2) is 74.9 Å². The topological polar surface area (TPSA) is 108 Å². The summed E-state index contributed by atoms with van der Waals surface area (Å²) in [5, 5.41) is 0. The first-order valence-corrected chi connectivity index (χ1v) is 32.6. The third-order valence-corrected chi connectivity index (χ3v) is 14.1. The average Bonchev–Trinajstić information content (AvgIpc) is 3.39. The Morgan fingerprint density at radius 1 is 0.416 bits per heavy atom. The van der Waals surface area contributed by atoms with E-state index in [4.69, 9.17) is 18.5 Å². The Morgan fingerprint density at radius 2 is 0.740 bits per heavy atom. The molecule has 0 aliphatic heterocycles. The molecule has 0 rings (SSSR count). The summed E-state index contributed by atoms with van der Waals surface area (Å²) in [6.45, 7) is 4.31. The molecule has 0 heterocycles. The second-order valence-electron chi connectivity index (χ2n) is 21.7. The molecule has 442 valence electrons. The molecular weight excluding hydrogens is 978 g/mol. The summed E-state index contributed by atoms with van der Waals surface area (Å²) in [5.74, 6) is -0.797. The summed E-state index contributed by atoms with van der Waals surface area (Å²) in [7, 11) is 1.47. The molecule has 0 aliphatic carbocycles. The number of phosphoric ester groups is 1. The minimum absolute atomic E-state index is 0.0295. The van der Waals surface area contributed by atoms with E-state index in [1.54, 1.807) is 0 Å². The van der Waals surface area contributed by atoms with Crippen molar-refractivity contribution in [2.24, 2.45) is 0 Å². The minimum Gasteiger partial charge on any atom is -0.462 e. The van der Waals surface area contributed by atoms with E-state index in [2.05, 4.69) is 123 Å². The molecule has 0 amide bonds. The SMILES string of the molecule is CC/C=C\C/C=C\C/C=C\C/C=C\C/C=C\C/C=C\C/C=C\C/C=C\C/C=C\CCCCCCCCCCCCCCCC(=O)OC(COC(=O)CCCCCCCCCCCCCC)COP(=O)(O)OCC[N+](C)(C)C. The van der Waals surface area contributed by atoms with Crippen molar-refractivity contribution in [3.8, 4) is 0 Å². The number of hydrogen-bond donors (Lipinski definition) is 1. The van der Waals surface area contributed by atoms with Gasteiger partial charge in [-0.15, -0.1) is 0 Å². The molecule has 0 aliphatic rings. The largest absolute Gasteiger partial charge is 0.472 e. The molecule has 0 spiro atoms. The van der Waals surface area contributed by atoms with Crippen molar-refractivity contribution in [3.05, 3.63) is 109 Å². The lowest BCUT2D eigenvalue weighted by molar-refractivity contribution is -0.870. The lowest BCUT2D eigenvalue weighted by atomic mass is 10.0. The number of unbranched alkanes of at least 4 members (excludes halogenated alkanes) is 24. The highest BCUT2D eigenvalue weighted by Gasteiger charge is 2.27. The summed E-state index contributed by atoms with van der Waals surface area (Å²) in [6.07, 6.45) is 80.4. The fourth-order valence-corrected chi connectivity index (χ4v) is 9.04. The van der Waals surface area contributed by atoms with Crippen LogP contribution in [0, 0.1) is 0 Å². The van der Waals surface area contributed by atoms with Gasteiger partial charge in [-0.05, 0) is 83.5 Å². The van der Waals surface area contributed by atoms with Crippen molar-refractivity contribution in [3.63, 3.8) is 0 Å². The predicted molar refractivity (Wildman–Crippen MR) is 330 cm³/mol. The molecule has 0 radical (unpaired) electrons. The Bertz CT molecular complexity index is 1670. The number of phosphoric acid groups is 1. The van der Waals surface area contributed by atoms with E-state index in [1.807, 2.05) is 21.1 Å². The Labute approximate surface area is 474 Å². The third kappa shape index (κ3) is 61.7. The highest BCUT2D eigenvalue weighted by molar-refractivity contribution is 7.47. The highest BCUT2D eigenvalue weighted by Crippen LogP contribution is 2.43. The van der Waals surface area contributed by atoms with Crippen molar-refractivity contribution in [2.75, 3.05) is 47.5 Å². The molecule has 2 atom stereocenters. The van der Waals surface area contributed by atoms with E-state index in [0.717, 1.165) is 96.3 Å². The molecule has 9 nitrogen and oxygen atoms in total. The highest BCUT2D eigenvalue weighted by atomic mass is 31.2. The van der Waals surface area contributed by atoms with Gasteiger partial charge in [-0.2, -0.15) is 0 Å². The van der Waals surface area contributed by atoms with Crippen molar-refractivity contribution < 1.29 is 42.1 Å². The summed E-state index contributed by atoms with van der Waals surface area (Å²) >= 11 is 0. The molecule has 0 aromatic heterocycles. The van der Waals surface area contributed by atoms with Gasteiger partial charge in [-0.3, -0.25) is 18.6 Å². The minimum atomic E-state index is -4.39. The number of nitrogens with zero attached hydrogens (tertiary/aromatic N) is 1. The van der Waals surface area contributed by atoms with Crippen LogP contribution in [0.15, 0.2) is 109 Å². The van der Waals surface area contributed by atoms with Crippen LogP contribution in [-0.2, 0) is 32.7 Å². The number of quaternary nitrogens is 1. The van der Waals surface area contributed by atoms with Gasteiger partial charge in [-0.1, -0.05) is 264 Å². The first-order chi connectivity index (χ1) is 37.5. The lowest BCUT2D eigenvalue weighted by Gasteiger charge is -2.24. The number of likely N-dealkylation sites (N-methyl/N-ethyl adjacent to an activating group) is 1. The predicted octanol–water partition coefficient (Wildman–Crippen LogP) is 19.8. The quantitative estimate of drug-likeness (QED) is 0.0211. The summed E-state index contributed by atoms with van der Waals surface area (Å²) in [5.41, 5.74) is 0. The number of carbonyl (C=O) groups excluding carboxylic acids is 2. The van der Waals surface area contributed by atoms with Crippen molar-refractivity contribution in [1.82, 2.24) is 0 Å². The van der Waals surface area contributed by atoms with E-state index in [9.17, 15) is 19.0 Å². The van der Waals surface area contributed by atoms with Gasteiger partial charge in [-0.25, -0.2) is 4.57 Å². The molecule has 0 saturated carbocycles. The van der Waals surface area contributed by atoms with Crippen molar-refractivity contribution in [2.45, 2.75) is 258 Å². The van der Waals surface area contributed by atoms with Gasteiger partial charge in [0.05, 0.1) is 27.7 Å². The van der Waals surface area contributed by atoms with E-state index in [0.29, 0.717) is 17.4 Å². The monoisotopic (exact) mass is 1090 g/mol. The second kappa shape index (κ2) is 57.4. The molecule has 0 aromatic rings. The van der Waals surface area contributed by atoms with Crippen LogP contribution in [0.4, 0.5) is 0 Å². The normalized spacial score (nSPS) is 14.0. The standard InChI is InChI=1S/C67H116NO8P/c1-6-8-10-12-14-16-18-20-21-22-23-24-25-26-27-28-29-30-31-32-33-34-35-36-37-38-39-40-41-42-43-44-45-46-47-48-50-52-54-56-58-60-67(70)76-65(64-75-77(71,72)74-62-61-68(3,4)5)63-73-66(69)59-57-55-53-51-49-19-17-15-13-11-9-7-2/h8,10,14,16,20-21,23-24,26-27,29-30,32-33,35-36,38-39,65H,6-7,9,11-13,15,17-19,22,25,28,31,34,37,40-64H2,1-5H3/p+1/b10-8-,16-14-,21-20-,24-23-,27-26-,30-29-,33-32-,36-35-,39-38-. The molecule has 0 fully saturated rings. The molecule has 0 aromatic carbocycles. The number of ether oxygens (including phenoxy) is 2. The maximum absolute atomic E-state index is 12.8. The fourth-order valence-electron chi connectivity index (χ4n) is 8.30. The Kier molecular flexibility index (Phi) is 54.9. The van der Waals surface area contributed by atoms with Crippen LogP contribution in [0.3, 0.4) is 0 Å². The van der Waals surface area contributed by atoms with Gasteiger partial charge in [0.1, 0.15) is 19.8 Å². The molecule has 1 N–H and O–H groups in total. The molecule has 0 saturated heterocycles. The first kappa shape index (κ1) is 73.7. The molecule has 2 unspecified atom stereocenters. The van der Waals surface area contributed by atoms with Crippen molar-refractivity contribution in [1.29, 1.82) is 0 Å². The summed E-state index contributed by atoms with van der Waals surface area (Å²) < 4.78 is 34.5. The van der Waals surface area contributed by atoms with Gasteiger partial charge in [0, 0.05) is 12.8 Å². The number of hydrogen-bond acceptors (Lipinski definition) is 7. The van der Waals surface area contributed by atoms with Crippen LogP contribution in [0.2, 0.25) is 0 Å². The first-order valence-electron chi connectivity index (χ1n) is 31.1. The molecule has 0 bridgehead atoms. The van der Waals surface area contributed by atoms with Crippen LogP contribution < -0.4 is 0 Å². The third-order valence-electron chi connectivity index (χ3n) is 13.1. The van der Waals surface area contributed by atoms with Crippen molar-refractivity contribution >= 4 is 19.8 Å². The number of allylic oxidation sites excluding steroid dienone is 18. The van der Waals surface area contributed by atoms with Crippen LogP contribution in [0.1, 0.15) is 251 Å². The number of esters is 2. The van der Waals surface area contributed by atoms with E-state index in [-0.39, 0.29) is 32.0 Å². The number of rotatable bonds is 56. The lowest BCUT2D eigenvalue weighted by Crippen LogP contribution is -2.37. The van der Waals surface area contributed by atoms with Crippen LogP contribution in [0.5, 0.6) is 0 Å². The van der Waals surface area contributed by atoms with E-state index < -0.39 is 26.5 Å². The second-order valence-corrected chi connectivity index (χ2v) is 23.2. The molecular formula is C67H117NO8P+. The molecule has 10 heteroatoms. The Balaban J connectivity index is 4.00. The summed E-state index contributed by atoms with van der Waals surface area (Å²) in [6, 6.07) is 0. The van der Waals surface area contributed by atoms with E-state index >= 15 is 0 Å². The van der Waals surface area contributed by atoms with Gasteiger partial charge in [0.25, 0.3) is 0 Å². The van der Waals surface area contributed by atoms with Gasteiger partial charge in [0.2, 0.25) is 0 Å². The zero-order valence-electron chi connectivity index (χ0n) is 50.2. The zero-order valence-corrected chi connectivity index (χ0v) is 51.1. The van der Waals surface area contributed by atoms with Gasteiger partial charge >= 0.3 is 19.8 Å². The smallest absolute Gasteiger partial charge is 0.462 e. The Hall–Kier alpha value is -3.33. The number of carbonyl (C=O) groups is 2. The Morgan fingerprint density at radius 3 is 1.10 bits per heavy atom.